The number of nitrogens with one attached hydrogen (secondary N) is 2. The number of amides is 1. The van der Waals surface area contributed by atoms with Crippen molar-refractivity contribution in [1.82, 2.24) is 20.5 Å². The third-order valence-corrected chi connectivity index (χ3v) is 7.75. The molecule has 2 aromatic heterocycles. The van der Waals surface area contributed by atoms with Crippen LogP contribution in [0.4, 0.5) is 18.0 Å². The Hall–Kier alpha value is -3.88. The number of aromatic amines is 1. The number of fused-ring (bicyclic) bond motifs is 3. The summed E-state index contributed by atoms with van der Waals surface area (Å²) in [6.07, 6.45) is 8.21. The fraction of sp³-hybridized carbons (Fsp3) is 0.345. The van der Waals surface area contributed by atoms with Gasteiger partial charge in [-0.2, -0.15) is 18.3 Å². The lowest BCUT2D eigenvalue weighted by atomic mass is 9.89. The molecule has 1 aliphatic heterocycles. The van der Waals surface area contributed by atoms with Crippen LogP contribution in [-0.4, -0.2) is 21.3 Å². The molecule has 2 N–H and O–H groups in total. The maximum absolute atomic E-state index is 12.9. The summed E-state index contributed by atoms with van der Waals surface area (Å²) in [5.74, 6) is 1.57. The number of nitrogens with zero attached hydrogens (tertiary/aromatic N) is 2. The first kappa shape index (κ1) is 24.5. The SMILES string of the molecule is O=C1NCc2cc(-c3[nH]ncc3CCC3=CC4CCC(=Cc5ccc(C(F)(F)F)cn5)CC3C4)ccc2O1. The number of hydrogen-bond acceptors (Lipinski definition) is 4. The predicted molar refractivity (Wildman–Crippen MR) is 136 cm³/mol. The van der Waals surface area contributed by atoms with E-state index in [1.165, 1.54) is 17.2 Å². The normalized spacial score (nSPS) is 21.9. The van der Waals surface area contributed by atoms with E-state index >= 15 is 0 Å². The largest absolute Gasteiger partial charge is 0.417 e. The van der Waals surface area contributed by atoms with E-state index in [-0.39, 0.29) is 0 Å². The number of halogens is 3. The van der Waals surface area contributed by atoms with E-state index < -0.39 is 17.8 Å². The molecular weight excluding hydrogens is 493 g/mol. The molecule has 3 heterocycles. The number of rotatable bonds is 5. The standard InChI is InChI=1S/C29H27F3N4O2/c30-29(31,32)24-6-7-25(33-16-24)12-18-2-1-17-9-19(22(10-17)11-18)3-4-21-15-35-36-27(21)20-5-8-26-23(13-20)14-34-28(37)38-26/h5-9,12-13,15-17,22H,1-4,10-11,14H2,(H,34,37)(H,35,36). The van der Waals surface area contributed by atoms with Crippen LogP contribution in [0.2, 0.25) is 0 Å². The number of pyridine rings is 1. The number of carbonyl (C=O) groups excluding carboxylic acids is 1. The van der Waals surface area contributed by atoms with Gasteiger partial charge in [0.2, 0.25) is 0 Å². The van der Waals surface area contributed by atoms with Gasteiger partial charge in [-0.1, -0.05) is 17.2 Å². The number of ether oxygens (including phenoxy) is 1. The molecule has 196 valence electrons. The smallest absolute Gasteiger partial charge is 0.410 e. The molecule has 2 aliphatic carbocycles. The van der Waals surface area contributed by atoms with Crippen molar-refractivity contribution in [2.45, 2.75) is 51.2 Å². The first-order valence-corrected chi connectivity index (χ1v) is 12.9. The van der Waals surface area contributed by atoms with Gasteiger partial charge in [0.05, 0.1) is 23.1 Å². The third-order valence-electron chi connectivity index (χ3n) is 7.75. The molecule has 0 radical (unpaired) electrons. The van der Waals surface area contributed by atoms with Crippen LogP contribution in [0.5, 0.6) is 5.75 Å². The summed E-state index contributed by atoms with van der Waals surface area (Å²) in [6, 6.07) is 8.33. The Bertz CT molecular complexity index is 1420. The van der Waals surface area contributed by atoms with E-state index in [0.717, 1.165) is 73.2 Å². The Labute approximate surface area is 218 Å². The Balaban J connectivity index is 1.13. The second-order valence-corrected chi connectivity index (χ2v) is 10.3. The van der Waals surface area contributed by atoms with E-state index in [0.29, 0.717) is 29.8 Å². The van der Waals surface area contributed by atoms with Gasteiger partial charge in [0, 0.05) is 23.9 Å². The number of benzene rings is 1. The van der Waals surface area contributed by atoms with Crippen molar-refractivity contribution in [3.8, 4) is 17.0 Å². The van der Waals surface area contributed by atoms with E-state index in [1.54, 1.807) is 0 Å². The van der Waals surface area contributed by atoms with E-state index in [4.69, 9.17) is 4.74 Å². The van der Waals surface area contributed by atoms with E-state index in [2.05, 4.69) is 26.6 Å². The van der Waals surface area contributed by atoms with Crippen LogP contribution < -0.4 is 10.1 Å². The highest BCUT2D eigenvalue weighted by Crippen LogP contribution is 2.44. The summed E-state index contributed by atoms with van der Waals surface area (Å²) in [7, 11) is 0. The summed E-state index contributed by atoms with van der Waals surface area (Å²) >= 11 is 0. The van der Waals surface area contributed by atoms with Crippen LogP contribution in [0.15, 0.2) is 59.9 Å². The minimum absolute atomic E-state index is 0.430. The second kappa shape index (κ2) is 9.78. The van der Waals surface area contributed by atoms with Crippen molar-refractivity contribution in [2.75, 3.05) is 0 Å². The maximum Gasteiger partial charge on any atom is 0.417 e. The van der Waals surface area contributed by atoms with Crippen molar-refractivity contribution >= 4 is 12.2 Å². The molecule has 1 fully saturated rings. The monoisotopic (exact) mass is 520 g/mol. The number of aromatic nitrogens is 3. The van der Waals surface area contributed by atoms with Crippen molar-refractivity contribution in [3.63, 3.8) is 0 Å². The number of H-pyrrole nitrogens is 1. The van der Waals surface area contributed by atoms with Gasteiger partial charge in [0.25, 0.3) is 0 Å². The van der Waals surface area contributed by atoms with Gasteiger partial charge in [-0.25, -0.2) is 4.79 Å². The summed E-state index contributed by atoms with van der Waals surface area (Å²) < 4.78 is 43.8. The molecule has 6 rings (SSSR count). The average Bonchev–Trinajstić information content (AvgIpc) is 3.46. The summed E-state index contributed by atoms with van der Waals surface area (Å²) in [5.41, 5.74) is 6.59. The van der Waals surface area contributed by atoms with Gasteiger partial charge >= 0.3 is 12.3 Å². The molecule has 6 nitrogen and oxygen atoms in total. The fourth-order valence-corrected chi connectivity index (χ4v) is 5.82. The van der Waals surface area contributed by atoms with Gasteiger partial charge in [0.15, 0.2) is 0 Å². The van der Waals surface area contributed by atoms with Crippen molar-refractivity contribution in [2.24, 2.45) is 11.8 Å². The quantitative estimate of drug-likeness (QED) is 0.361. The average molecular weight is 521 g/mol. The first-order chi connectivity index (χ1) is 18.3. The van der Waals surface area contributed by atoms with Crippen molar-refractivity contribution < 1.29 is 22.7 Å². The lowest BCUT2D eigenvalue weighted by Crippen LogP contribution is -2.31. The topological polar surface area (TPSA) is 79.9 Å². The van der Waals surface area contributed by atoms with Gasteiger partial charge in [-0.05, 0) is 92.3 Å². The molecule has 9 heteroatoms. The molecule has 1 amide bonds. The molecule has 2 unspecified atom stereocenters. The molecule has 3 aromatic rings. The van der Waals surface area contributed by atoms with Crippen LogP contribution in [-0.2, 0) is 19.1 Å². The summed E-state index contributed by atoms with van der Waals surface area (Å²) in [5, 5.41) is 10.1. The number of allylic oxidation sites excluding steroid dienone is 3. The zero-order valence-electron chi connectivity index (χ0n) is 20.6. The number of carbonyl (C=O) groups is 1. The molecule has 2 atom stereocenters. The zero-order valence-corrected chi connectivity index (χ0v) is 20.6. The van der Waals surface area contributed by atoms with Gasteiger partial charge in [-0.3, -0.25) is 10.1 Å². The second-order valence-electron chi connectivity index (χ2n) is 10.3. The molecule has 0 saturated heterocycles. The first-order valence-electron chi connectivity index (χ1n) is 12.9. The Morgan fingerprint density at radius 3 is 2.84 bits per heavy atom. The molecule has 1 saturated carbocycles. The van der Waals surface area contributed by atoms with Crippen molar-refractivity contribution in [1.29, 1.82) is 0 Å². The molecule has 38 heavy (non-hydrogen) atoms. The van der Waals surface area contributed by atoms with E-state index in [1.807, 2.05) is 30.5 Å². The molecule has 0 spiro atoms. The minimum atomic E-state index is -4.37. The van der Waals surface area contributed by atoms with Gasteiger partial charge in [0.1, 0.15) is 5.75 Å². The number of aryl methyl sites for hydroxylation is 1. The Morgan fingerprint density at radius 2 is 2.03 bits per heavy atom. The fourth-order valence-electron chi connectivity index (χ4n) is 5.82. The van der Waals surface area contributed by atoms with Gasteiger partial charge in [-0.15, -0.1) is 0 Å². The highest BCUT2D eigenvalue weighted by atomic mass is 19.4. The molecule has 1 aromatic carbocycles. The lowest BCUT2D eigenvalue weighted by Gasteiger charge is -2.18. The van der Waals surface area contributed by atoms with Crippen LogP contribution in [0.3, 0.4) is 0 Å². The minimum Gasteiger partial charge on any atom is -0.410 e. The van der Waals surface area contributed by atoms with Crippen LogP contribution in [0.25, 0.3) is 17.3 Å². The van der Waals surface area contributed by atoms with Gasteiger partial charge < -0.3 is 10.1 Å². The number of alkyl halides is 3. The van der Waals surface area contributed by atoms with Crippen LogP contribution in [0, 0.1) is 11.8 Å². The molecule has 3 aliphatic rings. The molecule has 2 bridgehead atoms. The zero-order chi connectivity index (χ0) is 26.3. The lowest BCUT2D eigenvalue weighted by molar-refractivity contribution is -0.137. The predicted octanol–water partition coefficient (Wildman–Crippen LogP) is 6.86. The van der Waals surface area contributed by atoms with Crippen LogP contribution in [0.1, 0.15) is 54.5 Å². The Morgan fingerprint density at radius 1 is 1.13 bits per heavy atom. The summed E-state index contributed by atoms with van der Waals surface area (Å²) in [6.45, 7) is 0.430. The highest BCUT2D eigenvalue weighted by Gasteiger charge is 2.32. The molecular formula is C29H27F3N4O2. The maximum atomic E-state index is 12.9. The Kier molecular flexibility index (Phi) is 6.29. The highest BCUT2D eigenvalue weighted by molar-refractivity contribution is 5.74. The van der Waals surface area contributed by atoms with Crippen LogP contribution >= 0.6 is 0 Å². The van der Waals surface area contributed by atoms with E-state index in [9.17, 15) is 18.0 Å². The number of hydrogen-bond donors (Lipinski definition) is 2. The third kappa shape index (κ3) is 5.10. The van der Waals surface area contributed by atoms with Crippen molar-refractivity contribution in [3.05, 3.63) is 82.3 Å². The summed E-state index contributed by atoms with van der Waals surface area (Å²) in [4.78, 5) is 15.5.